The summed E-state index contributed by atoms with van der Waals surface area (Å²) in [5, 5.41) is 4.19. The molecule has 0 amide bonds. The van der Waals surface area contributed by atoms with E-state index in [-0.39, 0.29) is 5.82 Å². The third kappa shape index (κ3) is 5.75. The lowest BCUT2D eigenvalue weighted by Crippen LogP contribution is -2.01. The van der Waals surface area contributed by atoms with Crippen molar-refractivity contribution in [1.82, 2.24) is 15.0 Å². The van der Waals surface area contributed by atoms with E-state index in [9.17, 15) is 4.39 Å². The third-order valence-electron chi connectivity index (χ3n) is 5.70. The number of hydrogen-bond donors (Lipinski definition) is 2. The first kappa shape index (κ1) is 23.6. The van der Waals surface area contributed by atoms with E-state index >= 15 is 0 Å². The van der Waals surface area contributed by atoms with Gasteiger partial charge in [0, 0.05) is 29.6 Å². The second-order valence-corrected chi connectivity index (χ2v) is 9.14. The van der Waals surface area contributed by atoms with E-state index in [4.69, 9.17) is 9.72 Å². The van der Waals surface area contributed by atoms with Crippen LogP contribution in [0.1, 0.15) is 11.1 Å². The van der Waals surface area contributed by atoms with Gasteiger partial charge in [0.1, 0.15) is 17.4 Å². The molecule has 0 fully saturated rings. The quantitative estimate of drug-likeness (QED) is 0.212. The van der Waals surface area contributed by atoms with Gasteiger partial charge < -0.3 is 15.0 Å². The molecule has 2 N–H and O–H groups in total. The van der Waals surface area contributed by atoms with E-state index in [0.29, 0.717) is 6.54 Å². The summed E-state index contributed by atoms with van der Waals surface area (Å²) in [5.41, 5.74) is 5.77. The summed E-state index contributed by atoms with van der Waals surface area (Å²) in [6, 6.07) is 28.6. The second-order valence-electron chi connectivity index (χ2n) is 8.18. The molecule has 5 rings (SSSR count). The van der Waals surface area contributed by atoms with Gasteiger partial charge in [-0.3, -0.25) is 0 Å². The predicted molar refractivity (Wildman–Crippen MR) is 144 cm³/mol. The molecule has 0 aliphatic heterocycles. The van der Waals surface area contributed by atoms with Crippen molar-refractivity contribution in [3.05, 3.63) is 114 Å². The summed E-state index contributed by atoms with van der Waals surface area (Å²) in [4.78, 5) is 12.9. The first-order valence-electron chi connectivity index (χ1n) is 11.5. The number of ether oxygens (including phenoxy) is 1. The molecule has 2 aromatic heterocycles. The summed E-state index contributed by atoms with van der Waals surface area (Å²) in [5.74, 6) is 2.09. The highest BCUT2D eigenvalue weighted by molar-refractivity contribution is 7.98. The maximum Gasteiger partial charge on any atom is 0.166 e. The molecule has 0 unspecified atom stereocenters. The Morgan fingerprint density at radius 3 is 2.42 bits per heavy atom. The lowest BCUT2D eigenvalue weighted by Gasteiger charge is -2.09. The highest BCUT2D eigenvalue weighted by atomic mass is 32.2. The number of nitrogens with one attached hydrogen (secondary N) is 2. The number of nitrogens with zero attached hydrogens (tertiary/aromatic N) is 2. The van der Waals surface area contributed by atoms with Crippen LogP contribution in [0.2, 0.25) is 0 Å². The largest absolute Gasteiger partial charge is 0.497 e. The van der Waals surface area contributed by atoms with E-state index in [1.165, 1.54) is 17.7 Å². The molecule has 0 aliphatic rings. The summed E-state index contributed by atoms with van der Waals surface area (Å²) >= 11 is 1.63. The van der Waals surface area contributed by atoms with Gasteiger partial charge in [0.15, 0.2) is 5.16 Å². The third-order valence-corrected chi connectivity index (χ3v) is 6.64. The van der Waals surface area contributed by atoms with Crippen LogP contribution in [0.15, 0.2) is 102 Å². The minimum absolute atomic E-state index is 0.271. The molecule has 0 atom stereocenters. The Morgan fingerprint density at radius 1 is 0.889 bits per heavy atom. The number of pyridine rings is 1. The second kappa shape index (κ2) is 11.1. The molecule has 0 bridgehead atoms. The molecule has 0 aliphatic carbocycles. The van der Waals surface area contributed by atoms with Crippen LogP contribution < -0.4 is 10.1 Å². The van der Waals surface area contributed by atoms with Crippen molar-refractivity contribution in [2.75, 3.05) is 12.4 Å². The van der Waals surface area contributed by atoms with E-state index in [1.54, 1.807) is 37.2 Å². The molecule has 2 heterocycles. The van der Waals surface area contributed by atoms with Crippen LogP contribution in [0.4, 0.5) is 10.2 Å². The van der Waals surface area contributed by atoms with Crippen LogP contribution in [0.3, 0.4) is 0 Å². The number of hydrogen-bond acceptors (Lipinski definition) is 5. The van der Waals surface area contributed by atoms with E-state index < -0.39 is 0 Å². The molecular weight excluding hydrogens is 471 g/mol. The number of aromatic amines is 1. The molecular formula is C29H25FN4OS. The summed E-state index contributed by atoms with van der Waals surface area (Å²) in [6.45, 7) is 0.629. The van der Waals surface area contributed by atoms with Crippen molar-refractivity contribution in [1.29, 1.82) is 0 Å². The number of methoxy groups -OCH3 is 1. The van der Waals surface area contributed by atoms with Crippen molar-refractivity contribution in [3.8, 4) is 28.3 Å². The Bertz CT molecular complexity index is 1420. The fraction of sp³-hybridized carbons (Fsp3) is 0.103. The first-order valence-corrected chi connectivity index (χ1v) is 12.5. The van der Waals surface area contributed by atoms with Crippen LogP contribution >= 0.6 is 11.8 Å². The zero-order chi connectivity index (χ0) is 24.7. The van der Waals surface area contributed by atoms with E-state index in [0.717, 1.165) is 50.6 Å². The van der Waals surface area contributed by atoms with Gasteiger partial charge in [-0.25, -0.2) is 14.4 Å². The van der Waals surface area contributed by atoms with Gasteiger partial charge in [0.05, 0.1) is 18.5 Å². The van der Waals surface area contributed by atoms with Crippen LogP contribution in [0.5, 0.6) is 5.75 Å². The SMILES string of the molecule is COc1ccc(CNc2cc(-c3nc(SCc4ccccc4)[nH]c3-c3ccc(F)cc3)ccn2)cc1. The van der Waals surface area contributed by atoms with Crippen LogP contribution in [0, 0.1) is 5.82 Å². The monoisotopic (exact) mass is 496 g/mol. The van der Waals surface area contributed by atoms with Gasteiger partial charge in [-0.05, 0) is 59.7 Å². The van der Waals surface area contributed by atoms with Crippen LogP contribution in [-0.2, 0) is 12.3 Å². The van der Waals surface area contributed by atoms with Gasteiger partial charge in [0.2, 0.25) is 0 Å². The van der Waals surface area contributed by atoms with Gasteiger partial charge in [-0.15, -0.1) is 0 Å². The number of H-pyrrole nitrogens is 1. The standard InChI is InChI=1S/C29H25FN4OS/c1-35-25-13-7-20(8-14-25)18-32-26-17-23(15-16-31-26)28-27(22-9-11-24(30)12-10-22)33-29(34-28)36-19-21-5-3-2-4-6-21/h2-17H,18-19H2,1H3,(H,31,32)(H,33,34). The number of rotatable bonds is 9. The number of imidazole rings is 1. The van der Waals surface area contributed by atoms with Gasteiger partial charge in [0.25, 0.3) is 0 Å². The molecule has 36 heavy (non-hydrogen) atoms. The fourth-order valence-electron chi connectivity index (χ4n) is 3.79. The Morgan fingerprint density at radius 2 is 1.67 bits per heavy atom. The minimum Gasteiger partial charge on any atom is -0.497 e. The van der Waals surface area contributed by atoms with Crippen molar-refractivity contribution in [2.24, 2.45) is 0 Å². The van der Waals surface area contributed by atoms with Crippen molar-refractivity contribution >= 4 is 17.6 Å². The smallest absolute Gasteiger partial charge is 0.166 e. The summed E-state index contributed by atoms with van der Waals surface area (Å²) in [7, 11) is 1.66. The number of halogens is 1. The number of anilines is 1. The highest BCUT2D eigenvalue weighted by Crippen LogP contribution is 2.34. The van der Waals surface area contributed by atoms with Gasteiger partial charge in [-0.2, -0.15) is 0 Å². The fourth-order valence-corrected chi connectivity index (χ4v) is 4.62. The lowest BCUT2D eigenvalue weighted by atomic mass is 10.1. The Balaban J connectivity index is 1.41. The van der Waals surface area contributed by atoms with Crippen molar-refractivity contribution in [3.63, 3.8) is 0 Å². The summed E-state index contributed by atoms with van der Waals surface area (Å²) in [6.07, 6.45) is 1.77. The molecule has 0 spiro atoms. The zero-order valence-corrected chi connectivity index (χ0v) is 20.6. The highest BCUT2D eigenvalue weighted by Gasteiger charge is 2.16. The van der Waals surface area contributed by atoms with Crippen LogP contribution in [-0.4, -0.2) is 22.1 Å². The Kier molecular flexibility index (Phi) is 7.28. The number of benzene rings is 3. The molecule has 3 aromatic carbocycles. The van der Waals surface area contributed by atoms with Gasteiger partial charge >= 0.3 is 0 Å². The lowest BCUT2D eigenvalue weighted by molar-refractivity contribution is 0.414. The molecule has 0 saturated carbocycles. The normalized spacial score (nSPS) is 10.8. The maximum absolute atomic E-state index is 13.6. The molecule has 0 radical (unpaired) electrons. The number of aromatic nitrogens is 3. The Labute approximate surface area is 213 Å². The molecule has 180 valence electrons. The topological polar surface area (TPSA) is 62.8 Å². The maximum atomic E-state index is 13.6. The minimum atomic E-state index is -0.271. The first-order chi connectivity index (χ1) is 17.7. The molecule has 5 nitrogen and oxygen atoms in total. The number of thioether (sulfide) groups is 1. The molecule has 7 heteroatoms. The average Bonchev–Trinajstić information content (AvgIpc) is 3.36. The van der Waals surface area contributed by atoms with Crippen molar-refractivity contribution in [2.45, 2.75) is 17.5 Å². The Hall–Kier alpha value is -4.10. The van der Waals surface area contributed by atoms with Crippen molar-refractivity contribution < 1.29 is 9.13 Å². The van der Waals surface area contributed by atoms with E-state index in [1.807, 2.05) is 54.6 Å². The van der Waals surface area contributed by atoms with E-state index in [2.05, 4.69) is 27.4 Å². The van der Waals surface area contributed by atoms with Gasteiger partial charge in [-0.1, -0.05) is 54.2 Å². The predicted octanol–water partition coefficient (Wildman–Crippen LogP) is 7.19. The van der Waals surface area contributed by atoms with Crippen LogP contribution in [0.25, 0.3) is 22.5 Å². The summed E-state index contributed by atoms with van der Waals surface area (Å²) < 4.78 is 18.8. The molecule has 5 aromatic rings. The molecule has 0 saturated heterocycles. The average molecular weight is 497 g/mol. The zero-order valence-electron chi connectivity index (χ0n) is 19.7.